The Bertz CT molecular complexity index is 417. The monoisotopic (exact) mass is 234 g/mol. The second-order valence-corrected chi connectivity index (χ2v) is 6.09. The van der Waals surface area contributed by atoms with Gasteiger partial charge in [0.2, 0.25) is 0 Å². The second-order valence-electron chi connectivity index (χ2n) is 6.09. The normalized spacial score (nSPS) is 24.3. The number of aliphatic hydroxyl groups is 1. The average molecular weight is 234 g/mol. The highest BCUT2D eigenvalue weighted by molar-refractivity contribution is 5.39. The van der Waals surface area contributed by atoms with Gasteiger partial charge in [-0.05, 0) is 41.5 Å². The number of rotatable bonds is 1. The van der Waals surface area contributed by atoms with E-state index in [0.29, 0.717) is 0 Å². The van der Waals surface area contributed by atoms with Crippen molar-refractivity contribution in [3.8, 4) is 5.75 Å². The second kappa shape index (κ2) is 4.02. The Labute approximate surface area is 104 Å². The Morgan fingerprint density at radius 3 is 2.53 bits per heavy atom. The fourth-order valence-electron chi connectivity index (χ4n) is 2.52. The first-order valence-corrected chi connectivity index (χ1v) is 6.24. The lowest BCUT2D eigenvalue weighted by atomic mass is 9.67. The van der Waals surface area contributed by atoms with Gasteiger partial charge in [0.15, 0.2) is 0 Å². The predicted octanol–water partition coefficient (Wildman–Crippen LogP) is 2.96. The first-order valence-electron chi connectivity index (χ1n) is 6.24. The van der Waals surface area contributed by atoms with Gasteiger partial charge >= 0.3 is 0 Å². The summed E-state index contributed by atoms with van der Waals surface area (Å²) in [7, 11) is 1.68. The van der Waals surface area contributed by atoms with E-state index in [-0.39, 0.29) is 5.41 Å². The van der Waals surface area contributed by atoms with Crippen molar-refractivity contribution in [1.29, 1.82) is 0 Å². The highest BCUT2D eigenvalue weighted by Crippen LogP contribution is 2.41. The molecule has 2 heteroatoms. The van der Waals surface area contributed by atoms with Crippen LogP contribution in [0.3, 0.4) is 0 Å². The number of fused-ring (bicyclic) bond motifs is 1. The predicted molar refractivity (Wildman–Crippen MR) is 69.4 cm³/mol. The van der Waals surface area contributed by atoms with Crippen LogP contribution in [0.15, 0.2) is 18.2 Å². The standard InChI is InChI=1S/C15H22O2/c1-14(2,3)15(16)8-7-11-5-6-13(17-4)9-12(11)10-15/h5-6,9,16H,7-8,10H2,1-4H3. The largest absolute Gasteiger partial charge is 0.497 e. The summed E-state index contributed by atoms with van der Waals surface area (Å²) in [4.78, 5) is 0. The van der Waals surface area contributed by atoms with E-state index in [1.807, 2.05) is 6.07 Å². The molecule has 1 aromatic carbocycles. The molecule has 0 amide bonds. The summed E-state index contributed by atoms with van der Waals surface area (Å²) in [6.45, 7) is 6.33. The number of methoxy groups -OCH3 is 1. The van der Waals surface area contributed by atoms with Gasteiger partial charge in [-0.25, -0.2) is 0 Å². The molecule has 0 saturated carbocycles. The van der Waals surface area contributed by atoms with Crippen LogP contribution < -0.4 is 4.74 Å². The van der Waals surface area contributed by atoms with Crippen LogP contribution in [0.4, 0.5) is 0 Å². The number of hydrogen-bond acceptors (Lipinski definition) is 2. The molecular weight excluding hydrogens is 212 g/mol. The molecule has 0 spiro atoms. The van der Waals surface area contributed by atoms with Crippen molar-refractivity contribution >= 4 is 0 Å². The zero-order valence-electron chi connectivity index (χ0n) is 11.2. The van der Waals surface area contributed by atoms with Gasteiger partial charge < -0.3 is 9.84 Å². The summed E-state index contributed by atoms with van der Waals surface area (Å²) in [5.74, 6) is 0.877. The van der Waals surface area contributed by atoms with E-state index in [4.69, 9.17) is 4.74 Å². The van der Waals surface area contributed by atoms with E-state index in [2.05, 4.69) is 32.9 Å². The van der Waals surface area contributed by atoms with Crippen LogP contribution in [-0.2, 0) is 12.8 Å². The topological polar surface area (TPSA) is 29.5 Å². The van der Waals surface area contributed by atoms with Crippen molar-refractivity contribution < 1.29 is 9.84 Å². The van der Waals surface area contributed by atoms with Crippen molar-refractivity contribution in [2.45, 2.75) is 45.6 Å². The summed E-state index contributed by atoms with van der Waals surface area (Å²) in [6.07, 6.45) is 2.52. The van der Waals surface area contributed by atoms with Crippen molar-refractivity contribution in [3.05, 3.63) is 29.3 Å². The highest BCUT2D eigenvalue weighted by atomic mass is 16.5. The summed E-state index contributed by atoms with van der Waals surface area (Å²) in [6, 6.07) is 6.18. The third kappa shape index (κ3) is 2.19. The number of aryl methyl sites for hydroxylation is 1. The van der Waals surface area contributed by atoms with E-state index in [1.165, 1.54) is 11.1 Å². The Morgan fingerprint density at radius 2 is 1.94 bits per heavy atom. The molecule has 0 aliphatic heterocycles. The van der Waals surface area contributed by atoms with Gasteiger partial charge in [0.1, 0.15) is 5.75 Å². The molecule has 1 aromatic rings. The highest BCUT2D eigenvalue weighted by Gasteiger charge is 2.42. The molecular formula is C15H22O2. The van der Waals surface area contributed by atoms with E-state index < -0.39 is 5.60 Å². The number of hydrogen-bond donors (Lipinski definition) is 1. The van der Waals surface area contributed by atoms with E-state index in [9.17, 15) is 5.11 Å². The molecule has 2 nitrogen and oxygen atoms in total. The third-order valence-corrected chi connectivity index (χ3v) is 4.10. The average Bonchev–Trinajstić information content (AvgIpc) is 2.26. The van der Waals surface area contributed by atoms with E-state index >= 15 is 0 Å². The molecule has 0 aromatic heterocycles. The number of ether oxygens (including phenoxy) is 1. The number of benzene rings is 1. The van der Waals surface area contributed by atoms with Crippen LogP contribution >= 0.6 is 0 Å². The molecule has 1 unspecified atom stereocenters. The van der Waals surface area contributed by atoms with Gasteiger partial charge in [0, 0.05) is 6.42 Å². The Hall–Kier alpha value is -1.02. The van der Waals surface area contributed by atoms with Crippen molar-refractivity contribution in [1.82, 2.24) is 0 Å². The van der Waals surface area contributed by atoms with Gasteiger partial charge in [-0.2, -0.15) is 0 Å². The summed E-state index contributed by atoms with van der Waals surface area (Å²) in [5.41, 5.74) is 1.88. The molecule has 0 radical (unpaired) electrons. The maximum absolute atomic E-state index is 10.8. The van der Waals surface area contributed by atoms with Gasteiger partial charge in [0.05, 0.1) is 12.7 Å². The molecule has 0 fully saturated rings. The zero-order chi connectivity index (χ0) is 12.7. The first-order chi connectivity index (χ1) is 7.86. The lowest BCUT2D eigenvalue weighted by Crippen LogP contribution is -2.47. The summed E-state index contributed by atoms with van der Waals surface area (Å²) in [5, 5.41) is 10.8. The van der Waals surface area contributed by atoms with Crippen molar-refractivity contribution in [3.63, 3.8) is 0 Å². The van der Waals surface area contributed by atoms with Crippen LogP contribution in [0, 0.1) is 5.41 Å². The molecule has 1 atom stereocenters. The molecule has 94 valence electrons. The fraction of sp³-hybridized carbons (Fsp3) is 0.600. The Morgan fingerprint density at radius 1 is 1.24 bits per heavy atom. The van der Waals surface area contributed by atoms with Gasteiger partial charge in [-0.15, -0.1) is 0 Å². The van der Waals surface area contributed by atoms with Gasteiger partial charge in [-0.3, -0.25) is 0 Å². The smallest absolute Gasteiger partial charge is 0.119 e. The minimum absolute atomic E-state index is 0.0895. The molecule has 1 aliphatic carbocycles. The van der Waals surface area contributed by atoms with E-state index in [1.54, 1.807) is 7.11 Å². The molecule has 0 heterocycles. The molecule has 2 rings (SSSR count). The molecule has 0 bridgehead atoms. The lowest BCUT2D eigenvalue weighted by Gasteiger charge is -2.43. The van der Waals surface area contributed by atoms with Crippen LogP contribution in [0.5, 0.6) is 5.75 Å². The van der Waals surface area contributed by atoms with E-state index in [0.717, 1.165) is 25.0 Å². The molecule has 1 N–H and O–H groups in total. The lowest BCUT2D eigenvalue weighted by molar-refractivity contribution is -0.0680. The minimum Gasteiger partial charge on any atom is -0.497 e. The first kappa shape index (κ1) is 12.4. The third-order valence-electron chi connectivity index (χ3n) is 4.10. The fourth-order valence-corrected chi connectivity index (χ4v) is 2.52. The maximum atomic E-state index is 10.8. The van der Waals surface area contributed by atoms with Crippen LogP contribution in [0.2, 0.25) is 0 Å². The Balaban J connectivity index is 2.34. The van der Waals surface area contributed by atoms with Crippen LogP contribution in [-0.4, -0.2) is 17.8 Å². The molecule has 0 saturated heterocycles. The van der Waals surface area contributed by atoms with Crippen molar-refractivity contribution in [2.24, 2.45) is 5.41 Å². The quantitative estimate of drug-likeness (QED) is 0.809. The Kier molecular flexibility index (Phi) is 2.94. The summed E-state index contributed by atoms with van der Waals surface area (Å²) >= 11 is 0. The summed E-state index contributed by atoms with van der Waals surface area (Å²) < 4.78 is 5.25. The molecule has 17 heavy (non-hydrogen) atoms. The van der Waals surface area contributed by atoms with Crippen molar-refractivity contribution in [2.75, 3.05) is 7.11 Å². The van der Waals surface area contributed by atoms with Gasteiger partial charge in [-0.1, -0.05) is 26.8 Å². The minimum atomic E-state index is -0.605. The molecule has 1 aliphatic rings. The maximum Gasteiger partial charge on any atom is 0.119 e. The van der Waals surface area contributed by atoms with Gasteiger partial charge in [0.25, 0.3) is 0 Å². The zero-order valence-corrected chi connectivity index (χ0v) is 11.2. The van der Waals surface area contributed by atoms with Crippen LogP contribution in [0.1, 0.15) is 38.3 Å². The van der Waals surface area contributed by atoms with Crippen LogP contribution in [0.25, 0.3) is 0 Å². The SMILES string of the molecule is COc1ccc2c(c1)CC(O)(C(C)(C)C)CC2.